The Morgan fingerprint density at radius 2 is 1.52 bits per heavy atom. The molecule has 0 radical (unpaired) electrons. The van der Waals surface area contributed by atoms with Crippen LogP contribution >= 0.6 is 0 Å². The van der Waals surface area contributed by atoms with E-state index in [-0.39, 0.29) is 5.97 Å². The third-order valence-electron chi connectivity index (χ3n) is 5.30. The molecule has 0 aliphatic carbocycles. The normalized spacial score (nSPS) is 14.5. The van der Waals surface area contributed by atoms with E-state index in [0.29, 0.717) is 32.8 Å². The molecule has 1 atom stereocenters. The number of hydrogen-bond donors (Lipinski definition) is 0. The molecule has 0 amide bonds. The minimum absolute atomic E-state index is 0.324. The van der Waals surface area contributed by atoms with Crippen LogP contribution in [0.1, 0.15) is 25.8 Å². The van der Waals surface area contributed by atoms with Gasteiger partial charge < -0.3 is 28.6 Å². The van der Waals surface area contributed by atoms with Crippen molar-refractivity contribution < 1.29 is 28.5 Å². The van der Waals surface area contributed by atoms with E-state index in [1.54, 1.807) is 6.92 Å². The van der Waals surface area contributed by atoms with Gasteiger partial charge in [0, 0.05) is 38.2 Å². The van der Waals surface area contributed by atoms with Crippen molar-refractivity contribution in [1.82, 2.24) is 0 Å². The molecule has 0 aromatic heterocycles. The summed E-state index contributed by atoms with van der Waals surface area (Å²) >= 11 is 0. The lowest BCUT2D eigenvalue weighted by atomic mass is 10.1. The largest absolute Gasteiger partial charge is 0.493 e. The first-order chi connectivity index (χ1) is 16.2. The quantitative estimate of drug-likeness (QED) is 0.334. The highest BCUT2D eigenvalue weighted by Crippen LogP contribution is 2.20. The summed E-state index contributed by atoms with van der Waals surface area (Å²) in [6, 6.07) is 15.9. The van der Waals surface area contributed by atoms with Crippen LogP contribution in [0.5, 0.6) is 11.5 Å². The number of hydrogen-bond acceptors (Lipinski definition) is 7. The smallest absolute Gasteiger partial charge is 0.335 e. The first-order valence-electron chi connectivity index (χ1n) is 11.7. The first kappa shape index (κ1) is 24.9. The highest BCUT2D eigenvalue weighted by atomic mass is 16.6. The van der Waals surface area contributed by atoms with Crippen molar-refractivity contribution in [3.8, 4) is 11.5 Å². The Labute approximate surface area is 196 Å². The van der Waals surface area contributed by atoms with Crippen LogP contribution in [0.15, 0.2) is 48.5 Å². The molecule has 180 valence electrons. The molecule has 1 fully saturated rings. The Morgan fingerprint density at radius 1 is 0.909 bits per heavy atom. The maximum absolute atomic E-state index is 12.0. The van der Waals surface area contributed by atoms with Crippen LogP contribution < -0.4 is 14.4 Å². The van der Waals surface area contributed by atoms with Crippen LogP contribution in [0.4, 0.5) is 5.69 Å². The molecule has 3 rings (SSSR count). The molecule has 1 heterocycles. The summed E-state index contributed by atoms with van der Waals surface area (Å²) in [7, 11) is 0. The molecule has 0 spiro atoms. The second-order valence-electron chi connectivity index (χ2n) is 7.69. The summed E-state index contributed by atoms with van der Waals surface area (Å²) in [5.41, 5.74) is 2.20. The maximum Gasteiger partial charge on any atom is 0.335 e. The van der Waals surface area contributed by atoms with Crippen molar-refractivity contribution in [2.45, 2.75) is 32.8 Å². The third-order valence-corrected chi connectivity index (χ3v) is 5.30. The number of esters is 1. The maximum atomic E-state index is 12.0. The van der Waals surface area contributed by atoms with E-state index in [1.807, 2.05) is 43.3 Å². The van der Waals surface area contributed by atoms with Gasteiger partial charge in [-0.25, -0.2) is 4.79 Å². The lowest BCUT2D eigenvalue weighted by molar-refractivity contribution is -0.156. The van der Waals surface area contributed by atoms with Gasteiger partial charge in [0.15, 0.2) is 6.10 Å². The fourth-order valence-electron chi connectivity index (χ4n) is 3.60. The predicted octanol–water partition coefficient (Wildman–Crippen LogP) is 3.88. The molecule has 1 aliphatic rings. The van der Waals surface area contributed by atoms with E-state index in [1.165, 1.54) is 5.69 Å². The Bertz CT molecular complexity index is 818. The molecule has 33 heavy (non-hydrogen) atoms. The molecule has 1 aliphatic heterocycles. The number of carbonyl (C=O) groups excluding carboxylic acids is 1. The van der Waals surface area contributed by atoms with Gasteiger partial charge in [-0.05, 0) is 55.8 Å². The summed E-state index contributed by atoms with van der Waals surface area (Å²) in [5.74, 6) is 1.33. The van der Waals surface area contributed by atoms with Gasteiger partial charge in [0.2, 0.25) is 0 Å². The lowest BCUT2D eigenvalue weighted by Crippen LogP contribution is -2.36. The third kappa shape index (κ3) is 8.26. The van der Waals surface area contributed by atoms with Gasteiger partial charge in [-0.3, -0.25) is 0 Å². The van der Waals surface area contributed by atoms with E-state index < -0.39 is 6.10 Å². The fourth-order valence-corrected chi connectivity index (χ4v) is 3.60. The van der Waals surface area contributed by atoms with Gasteiger partial charge in [-0.1, -0.05) is 12.1 Å². The van der Waals surface area contributed by atoms with E-state index >= 15 is 0 Å². The summed E-state index contributed by atoms with van der Waals surface area (Å²) < 4.78 is 27.7. The van der Waals surface area contributed by atoms with Crippen LogP contribution in [0.2, 0.25) is 0 Å². The summed E-state index contributed by atoms with van der Waals surface area (Å²) in [6.07, 6.45) is 0.676. The zero-order valence-electron chi connectivity index (χ0n) is 19.7. The van der Waals surface area contributed by atoms with Crippen molar-refractivity contribution in [3.05, 3.63) is 54.1 Å². The van der Waals surface area contributed by atoms with Crippen LogP contribution in [0.3, 0.4) is 0 Å². The molecular weight excluding hydrogens is 422 g/mol. The van der Waals surface area contributed by atoms with Crippen LogP contribution in [0, 0.1) is 0 Å². The topological polar surface area (TPSA) is 66.5 Å². The van der Waals surface area contributed by atoms with Crippen molar-refractivity contribution in [1.29, 1.82) is 0 Å². The molecule has 0 bridgehead atoms. The number of nitrogens with zero attached hydrogens (tertiary/aromatic N) is 1. The van der Waals surface area contributed by atoms with Crippen LogP contribution in [-0.4, -0.2) is 64.8 Å². The minimum Gasteiger partial charge on any atom is -0.493 e. The minimum atomic E-state index is -0.582. The van der Waals surface area contributed by atoms with Gasteiger partial charge in [-0.15, -0.1) is 0 Å². The first-order valence-corrected chi connectivity index (χ1v) is 11.7. The monoisotopic (exact) mass is 457 g/mol. The molecule has 7 heteroatoms. The van der Waals surface area contributed by atoms with E-state index in [4.69, 9.17) is 23.7 Å². The summed E-state index contributed by atoms with van der Waals surface area (Å²) in [5, 5.41) is 0. The number of benzene rings is 2. The SMILES string of the molecule is CCOC(=O)[C@H](Cc1ccc(OCCCOc2ccc(N3CCOCC3)cc2)cc1)OCC. The lowest BCUT2D eigenvalue weighted by Gasteiger charge is -2.28. The fraction of sp³-hybridized carbons (Fsp3) is 0.500. The summed E-state index contributed by atoms with van der Waals surface area (Å²) in [4.78, 5) is 14.3. The van der Waals surface area contributed by atoms with Crippen LogP contribution in [0.25, 0.3) is 0 Å². The molecule has 2 aromatic carbocycles. The molecule has 0 saturated carbocycles. The zero-order valence-corrected chi connectivity index (χ0v) is 19.7. The molecule has 0 N–H and O–H groups in total. The Balaban J connectivity index is 1.35. The van der Waals surface area contributed by atoms with Crippen LogP contribution in [-0.2, 0) is 25.4 Å². The van der Waals surface area contributed by atoms with E-state index in [9.17, 15) is 4.79 Å². The second-order valence-corrected chi connectivity index (χ2v) is 7.69. The number of anilines is 1. The Hall–Kier alpha value is -2.77. The zero-order chi connectivity index (χ0) is 23.3. The molecule has 7 nitrogen and oxygen atoms in total. The number of carbonyl (C=O) groups is 1. The number of rotatable bonds is 13. The highest BCUT2D eigenvalue weighted by Gasteiger charge is 2.20. The van der Waals surface area contributed by atoms with Gasteiger partial charge in [0.1, 0.15) is 11.5 Å². The average molecular weight is 458 g/mol. The average Bonchev–Trinajstić information content (AvgIpc) is 2.85. The van der Waals surface area contributed by atoms with Gasteiger partial charge in [0.25, 0.3) is 0 Å². The van der Waals surface area contributed by atoms with Gasteiger partial charge in [-0.2, -0.15) is 0 Å². The molecule has 0 unspecified atom stereocenters. The molecule has 1 saturated heterocycles. The van der Waals surface area contributed by atoms with E-state index in [0.717, 1.165) is 49.8 Å². The Kier molecular flexibility index (Phi) is 10.3. The molecular formula is C26H35NO6. The van der Waals surface area contributed by atoms with Crippen molar-refractivity contribution in [2.75, 3.05) is 57.6 Å². The second kappa shape index (κ2) is 13.7. The molecule has 2 aromatic rings. The Morgan fingerprint density at radius 3 is 2.09 bits per heavy atom. The van der Waals surface area contributed by atoms with Crippen molar-refractivity contribution in [3.63, 3.8) is 0 Å². The standard InChI is InChI=1S/C26H35NO6/c1-3-30-25(26(28)31-4-2)20-21-6-10-23(11-7-21)32-16-5-17-33-24-12-8-22(9-13-24)27-14-18-29-19-15-27/h6-13,25H,3-5,14-20H2,1-2H3/t25-/m0/s1. The number of ether oxygens (including phenoxy) is 5. The van der Waals surface area contributed by atoms with Crippen molar-refractivity contribution in [2.24, 2.45) is 0 Å². The highest BCUT2D eigenvalue weighted by molar-refractivity contribution is 5.75. The predicted molar refractivity (Wildman–Crippen MR) is 127 cm³/mol. The van der Waals surface area contributed by atoms with Gasteiger partial charge >= 0.3 is 5.97 Å². The summed E-state index contributed by atoms with van der Waals surface area (Å²) in [6.45, 7) is 9.04. The van der Waals surface area contributed by atoms with E-state index in [2.05, 4.69) is 17.0 Å². The van der Waals surface area contributed by atoms with Gasteiger partial charge in [0.05, 0.1) is 33.0 Å². The van der Waals surface area contributed by atoms with Crippen molar-refractivity contribution >= 4 is 11.7 Å². The number of morpholine rings is 1.